The number of carbonyl (C=O) groups is 1. The van der Waals surface area contributed by atoms with E-state index >= 15 is 0 Å². The Labute approximate surface area is 189 Å². The molecule has 4 rings (SSSR count). The van der Waals surface area contributed by atoms with Crippen LogP contribution in [-0.4, -0.2) is 64.0 Å². The van der Waals surface area contributed by atoms with Crippen molar-refractivity contribution in [2.45, 2.75) is 57.5 Å². The zero-order valence-corrected chi connectivity index (χ0v) is 19.2. The highest BCUT2D eigenvalue weighted by Gasteiger charge is 2.38. The molecule has 2 aromatic rings. The van der Waals surface area contributed by atoms with Crippen molar-refractivity contribution in [3.63, 3.8) is 0 Å². The van der Waals surface area contributed by atoms with Crippen molar-refractivity contribution in [3.8, 4) is 11.4 Å². The molecule has 1 saturated heterocycles. The van der Waals surface area contributed by atoms with Crippen LogP contribution in [0, 0.1) is 11.7 Å². The van der Waals surface area contributed by atoms with E-state index in [1.165, 1.54) is 24.8 Å². The maximum absolute atomic E-state index is 12.8. The number of H-pyrrole nitrogens is 1. The molecule has 2 fully saturated rings. The lowest BCUT2D eigenvalue weighted by Crippen LogP contribution is -2.59. The van der Waals surface area contributed by atoms with Crippen molar-refractivity contribution in [2.75, 3.05) is 32.8 Å². The van der Waals surface area contributed by atoms with Crippen molar-refractivity contribution >= 4 is 18.1 Å². The molecule has 8 heteroatoms. The van der Waals surface area contributed by atoms with Gasteiger partial charge in [0, 0.05) is 43.7 Å². The molecule has 0 spiro atoms. The van der Waals surface area contributed by atoms with Crippen LogP contribution in [0.5, 0.6) is 0 Å². The van der Waals surface area contributed by atoms with Crippen LogP contribution in [0.2, 0.25) is 0 Å². The average molecular weight is 444 g/mol. The summed E-state index contributed by atoms with van der Waals surface area (Å²) in [7, 11) is 0. The Hall–Kier alpha value is -2.03. The van der Waals surface area contributed by atoms with Gasteiger partial charge in [0.1, 0.15) is 0 Å². The topological polar surface area (TPSA) is 75.2 Å². The fourth-order valence-corrected chi connectivity index (χ4v) is 5.09. The molecule has 1 aliphatic heterocycles. The van der Waals surface area contributed by atoms with Gasteiger partial charge in [0.2, 0.25) is 5.91 Å². The Morgan fingerprint density at radius 3 is 2.61 bits per heavy atom. The van der Waals surface area contributed by atoms with E-state index in [4.69, 9.17) is 17.0 Å². The van der Waals surface area contributed by atoms with Crippen molar-refractivity contribution in [2.24, 2.45) is 0 Å². The Balaban J connectivity index is 1.37. The van der Waals surface area contributed by atoms with E-state index in [9.17, 15) is 4.79 Å². The summed E-state index contributed by atoms with van der Waals surface area (Å²) >= 11 is 5.42. The quantitative estimate of drug-likeness (QED) is 0.641. The first-order valence-corrected chi connectivity index (χ1v) is 11.8. The molecule has 7 nitrogen and oxygen atoms in total. The second-order valence-corrected chi connectivity index (χ2v) is 9.17. The average Bonchev–Trinajstić information content (AvgIpc) is 3.18. The summed E-state index contributed by atoms with van der Waals surface area (Å²) in [5.41, 5.74) is 2.27. The van der Waals surface area contributed by atoms with Crippen LogP contribution >= 0.6 is 12.2 Å². The Morgan fingerprint density at radius 1 is 1.19 bits per heavy atom. The highest BCUT2D eigenvalue weighted by atomic mass is 32.1. The third kappa shape index (κ3) is 5.25. The third-order valence-electron chi connectivity index (χ3n) is 6.71. The second-order valence-electron chi connectivity index (χ2n) is 8.78. The largest absolute Gasteiger partial charge is 0.379 e. The molecule has 2 heterocycles. The lowest BCUT2D eigenvalue weighted by atomic mass is 9.79. The number of carbonyl (C=O) groups excluding carboxylic acids is 1. The van der Waals surface area contributed by atoms with Crippen LogP contribution in [0.25, 0.3) is 11.4 Å². The number of aromatic nitrogens is 3. The van der Waals surface area contributed by atoms with Crippen LogP contribution in [0.15, 0.2) is 24.3 Å². The lowest BCUT2D eigenvalue weighted by Gasteiger charge is -2.48. The van der Waals surface area contributed by atoms with Crippen LogP contribution in [0.1, 0.15) is 44.1 Å². The molecule has 31 heavy (non-hydrogen) atoms. The summed E-state index contributed by atoms with van der Waals surface area (Å²) < 4.78 is 8.01. The van der Waals surface area contributed by atoms with Gasteiger partial charge >= 0.3 is 0 Å². The van der Waals surface area contributed by atoms with Crippen LogP contribution in [-0.2, 0) is 16.1 Å². The number of amides is 1. The molecule has 1 aromatic carbocycles. The molecule has 0 bridgehead atoms. The van der Waals surface area contributed by atoms with Gasteiger partial charge in [0.25, 0.3) is 0 Å². The van der Waals surface area contributed by atoms with E-state index in [0.717, 1.165) is 50.5 Å². The summed E-state index contributed by atoms with van der Waals surface area (Å²) in [4.78, 5) is 15.3. The van der Waals surface area contributed by atoms with E-state index in [1.54, 1.807) is 0 Å². The minimum Gasteiger partial charge on any atom is -0.379 e. The number of nitrogens with zero attached hydrogens (tertiary/aromatic N) is 3. The van der Waals surface area contributed by atoms with E-state index < -0.39 is 0 Å². The third-order valence-corrected chi connectivity index (χ3v) is 7.02. The highest BCUT2D eigenvalue weighted by Crippen LogP contribution is 2.34. The van der Waals surface area contributed by atoms with E-state index in [-0.39, 0.29) is 11.4 Å². The minimum atomic E-state index is 0.0659. The SMILES string of the molecule is Cc1ccc(-c2n[nH]c(=S)n2CCC(=O)NCC2(N3CCOCC3)CCCCC2)cc1. The molecule has 0 unspecified atom stereocenters. The van der Waals surface area contributed by atoms with E-state index in [0.29, 0.717) is 24.3 Å². The maximum Gasteiger partial charge on any atom is 0.221 e. The molecule has 168 valence electrons. The zero-order valence-electron chi connectivity index (χ0n) is 18.4. The van der Waals surface area contributed by atoms with Gasteiger partial charge in [-0.05, 0) is 32.0 Å². The van der Waals surface area contributed by atoms with Crippen LogP contribution < -0.4 is 5.32 Å². The summed E-state index contributed by atoms with van der Waals surface area (Å²) in [5, 5.41) is 10.5. The molecular formula is C23H33N5O2S. The molecule has 1 aliphatic carbocycles. The number of benzene rings is 1. The van der Waals surface area contributed by atoms with Crippen molar-refractivity contribution in [1.29, 1.82) is 0 Å². The smallest absolute Gasteiger partial charge is 0.221 e. The Kier molecular flexibility index (Phi) is 7.20. The summed E-state index contributed by atoms with van der Waals surface area (Å²) in [6, 6.07) is 8.18. The van der Waals surface area contributed by atoms with Crippen LogP contribution in [0.4, 0.5) is 0 Å². The number of rotatable bonds is 7. The normalized spacial score (nSPS) is 19.3. The molecule has 2 N–H and O–H groups in total. The molecule has 1 saturated carbocycles. The standard InChI is InChI=1S/C23H33N5O2S/c1-18-5-7-19(8-6-18)21-25-26-22(31)28(21)12-9-20(29)24-17-23(10-3-2-4-11-23)27-13-15-30-16-14-27/h5-8H,2-4,9-17H2,1H3,(H,24,29)(H,26,31). The number of ether oxygens (including phenoxy) is 1. The van der Waals surface area contributed by atoms with Gasteiger partial charge in [-0.25, -0.2) is 0 Å². The maximum atomic E-state index is 12.8. The van der Waals surface area contributed by atoms with E-state index in [2.05, 4.69) is 39.5 Å². The fraction of sp³-hybridized carbons (Fsp3) is 0.609. The predicted octanol–water partition coefficient (Wildman–Crippen LogP) is 3.46. The van der Waals surface area contributed by atoms with Gasteiger partial charge < -0.3 is 10.1 Å². The van der Waals surface area contributed by atoms with Gasteiger partial charge in [-0.3, -0.25) is 19.4 Å². The first-order valence-electron chi connectivity index (χ1n) is 11.4. The van der Waals surface area contributed by atoms with Gasteiger partial charge in [-0.15, -0.1) is 0 Å². The van der Waals surface area contributed by atoms with Gasteiger partial charge in [-0.1, -0.05) is 49.1 Å². The summed E-state index contributed by atoms with van der Waals surface area (Å²) in [6.07, 6.45) is 6.44. The van der Waals surface area contributed by atoms with Crippen molar-refractivity contribution < 1.29 is 9.53 Å². The Bertz CT molecular complexity index is 924. The molecule has 1 amide bonds. The van der Waals surface area contributed by atoms with Gasteiger partial charge in [-0.2, -0.15) is 5.10 Å². The highest BCUT2D eigenvalue weighted by molar-refractivity contribution is 7.71. The number of aromatic amines is 1. The molecule has 1 aromatic heterocycles. The molecule has 0 radical (unpaired) electrons. The van der Waals surface area contributed by atoms with Gasteiger partial charge in [0.05, 0.1) is 13.2 Å². The number of nitrogens with one attached hydrogen (secondary N) is 2. The van der Waals surface area contributed by atoms with Crippen molar-refractivity contribution in [3.05, 3.63) is 34.6 Å². The number of morpholine rings is 1. The molecular weight excluding hydrogens is 410 g/mol. The second kappa shape index (κ2) is 10.1. The monoisotopic (exact) mass is 443 g/mol. The summed E-state index contributed by atoms with van der Waals surface area (Å²) in [5.74, 6) is 0.839. The van der Waals surface area contributed by atoms with Crippen molar-refractivity contribution in [1.82, 2.24) is 25.0 Å². The molecule has 2 aliphatic rings. The minimum absolute atomic E-state index is 0.0659. The van der Waals surface area contributed by atoms with Gasteiger partial charge in [0.15, 0.2) is 10.6 Å². The Morgan fingerprint density at radius 2 is 1.90 bits per heavy atom. The number of hydrogen-bond donors (Lipinski definition) is 2. The predicted molar refractivity (Wildman–Crippen MR) is 123 cm³/mol. The zero-order chi connectivity index (χ0) is 21.7. The number of hydrogen-bond acceptors (Lipinski definition) is 5. The number of aryl methyl sites for hydroxylation is 1. The first-order chi connectivity index (χ1) is 15.1. The first kappa shape index (κ1) is 22.2. The lowest BCUT2D eigenvalue weighted by molar-refractivity contribution is -0.122. The fourth-order valence-electron chi connectivity index (χ4n) is 4.87. The summed E-state index contributed by atoms with van der Waals surface area (Å²) in [6.45, 7) is 6.77. The van der Waals surface area contributed by atoms with Crippen LogP contribution in [0.3, 0.4) is 0 Å². The van der Waals surface area contributed by atoms with E-state index in [1.807, 2.05) is 16.7 Å². The molecule has 0 atom stereocenters.